The lowest BCUT2D eigenvalue weighted by atomic mass is 10.4. The van der Waals surface area contributed by atoms with Crippen LogP contribution in [0.1, 0.15) is 0 Å². The fraction of sp³-hybridized carbons (Fsp3) is 0.625. The van der Waals surface area contributed by atoms with Crippen molar-refractivity contribution in [3.63, 3.8) is 0 Å². The summed E-state index contributed by atoms with van der Waals surface area (Å²) in [5, 5.41) is 0. The summed E-state index contributed by atoms with van der Waals surface area (Å²) in [7, 11) is 1.60. The topological polar surface area (TPSA) is 55.6 Å². The summed E-state index contributed by atoms with van der Waals surface area (Å²) in [6.45, 7) is 5.21. The Morgan fingerprint density at radius 2 is 2.42 bits per heavy atom. The highest BCUT2D eigenvalue weighted by molar-refractivity contribution is 5.78. The van der Waals surface area contributed by atoms with Crippen LogP contribution in [0, 0.1) is 0 Å². The van der Waals surface area contributed by atoms with E-state index >= 15 is 0 Å². The van der Waals surface area contributed by atoms with E-state index in [9.17, 15) is 4.79 Å². The van der Waals surface area contributed by atoms with E-state index in [-0.39, 0.29) is 12.5 Å². The van der Waals surface area contributed by atoms with E-state index in [0.29, 0.717) is 19.7 Å². The van der Waals surface area contributed by atoms with Crippen LogP contribution < -0.4 is 5.73 Å². The zero-order valence-corrected chi connectivity index (χ0v) is 7.45. The van der Waals surface area contributed by atoms with Gasteiger partial charge in [0.25, 0.3) is 0 Å². The van der Waals surface area contributed by atoms with Gasteiger partial charge in [-0.3, -0.25) is 4.79 Å². The average Bonchev–Trinajstić information content (AvgIpc) is 2.11. The first kappa shape index (κ1) is 11.1. The number of carbonyl (C=O) groups excluding carboxylic acids is 1. The third-order valence-electron chi connectivity index (χ3n) is 1.44. The van der Waals surface area contributed by atoms with Crippen LogP contribution in [0.25, 0.3) is 0 Å². The second kappa shape index (κ2) is 6.82. The molecule has 1 amide bonds. The highest BCUT2D eigenvalue weighted by atomic mass is 16.5. The van der Waals surface area contributed by atoms with Gasteiger partial charge in [-0.2, -0.15) is 0 Å². The maximum atomic E-state index is 11.1. The molecule has 0 unspecified atom stereocenters. The summed E-state index contributed by atoms with van der Waals surface area (Å²) < 4.78 is 4.84. The first-order chi connectivity index (χ1) is 5.76. The van der Waals surface area contributed by atoms with Crippen molar-refractivity contribution < 1.29 is 9.53 Å². The van der Waals surface area contributed by atoms with Gasteiger partial charge in [-0.15, -0.1) is 6.58 Å². The van der Waals surface area contributed by atoms with Crippen LogP contribution in [0.5, 0.6) is 0 Å². The van der Waals surface area contributed by atoms with Crippen molar-refractivity contribution in [3.8, 4) is 0 Å². The third-order valence-corrected chi connectivity index (χ3v) is 1.44. The van der Waals surface area contributed by atoms with E-state index in [4.69, 9.17) is 10.5 Å². The molecule has 0 aromatic heterocycles. The van der Waals surface area contributed by atoms with Crippen molar-refractivity contribution in [1.29, 1.82) is 0 Å². The monoisotopic (exact) mass is 172 g/mol. The lowest BCUT2D eigenvalue weighted by Gasteiger charge is -2.19. The first-order valence-corrected chi connectivity index (χ1v) is 3.84. The summed E-state index contributed by atoms with van der Waals surface area (Å²) in [6, 6.07) is 0. The van der Waals surface area contributed by atoms with Crippen molar-refractivity contribution in [1.82, 2.24) is 4.90 Å². The molecule has 0 fully saturated rings. The molecule has 0 aliphatic carbocycles. The van der Waals surface area contributed by atoms with Gasteiger partial charge in [0.1, 0.15) is 0 Å². The number of methoxy groups -OCH3 is 1. The molecule has 0 aromatic carbocycles. The molecule has 0 saturated carbocycles. The Labute approximate surface area is 73.0 Å². The molecule has 0 atom stereocenters. The molecule has 70 valence electrons. The second-order valence-corrected chi connectivity index (χ2v) is 2.33. The summed E-state index contributed by atoms with van der Waals surface area (Å²) in [4.78, 5) is 12.7. The maximum absolute atomic E-state index is 11.1. The predicted octanol–water partition coefficient (Wildman–Crippen LogP) is -0.394. The smallest absolute Gasteiger partial charge is 0.236 e. The zero-order valence-electron chi connectivity index (χ0n) is 7.45. The number of nitrogens with zero attached hydrogens (tertiary/aromatic N) is 1. The molecule has 0 bridgehead atoms. The fourth-order valence-corrected chi connectivity index (χ4v) is 0.804. The average molecular weight is 172 g/mol. The normalized spacial score (nSPS) is 9.50. The Kier molecular flexibility index (Phi) is 6.32. The van der Waals surface area contributed by atoms with Crippen molar-refractivity contribution in [3.05, 3.63) is 12.7 Å². The molecule has 12 heavy (non-hydrogen) atoms. The summed E-state index contributed by atoms with van der Waals surface area (Å²) >= 11 is 0. The van der Waals surface area contributed by atoms with E-state index in [0.717, 1.165) is 0 Å². The fourth-order valence-electron chi connectivity index (χ4n) is 0.804. The largest absolute Gasteiger partial charge is 0.383 e. The Morgan fingerprint density at radius 1 is 1.75 bits per heavy atom. The Morgan fingerprint density at radius 3 is 2.83 bits per heavy atom. The molecule has 0 rings (SSSR count). The van der Waals surface area contributed by atoms with Crippen molar-refractivity contribution in [2.24, 2.45) is 5.73 Å². The molecule has 0 aliphatic rings. The van der Waals surface area contributed by atoms with E-state index in [1.165, 1.54) is 0 Å². The van der Waals surface area contributed by atoms with Crippen LogP contribution in [0.15, 0.2) is 12.7 Å². The number of hydrogen-bond donors (Lipinski definition) is 1. The number of amides is 1. The SMILES string of the molecule is C=CCN(CCOC)C(=O)CN. The van der Waals surface area contributed by atoms with Crippen LogP contribution in [0.4, 0.5) is 0 Å². The van der Waals surface area contributed by atoms with Gasteiger partial charge in [0.2, 0.25) is 5.91 Å². The van der Waals surface area contributed by atoms with Crippen LogP contribution >= 0.6 is 0 Å². The molecule has 0 radical (unpaired) electrons. The van der Waals surface area contributed by atoms with Crippen molar-refractivity contribution in [2.75, 3.05) is 33.4 Å². The van der Waals surface area contributed by atoms with Gasteiger partial charge < -0.3 is 15.4 Å². The van der Waals surface area contributed by atoms with Crippen LogP contribution in [-0.4, -0.2) is 44.2 Å². The molecular formula is C8H16N2O2. The van der Waals surface area contributed by atoms with E-state index < -0.39 is 0 Å². The molecule has 0 heterocycles. The van der Waals surface area contributed by atoms with Crippen LogP contribution in [-0.2, 0) is 9.53 Å². The van der Waals surface area contributed by atoms with Crippen molar-refractivity contribution >= 4 is 5.91 Å². The number of ether oxygens (including phenoxy) is 1. The number of hydrogen-bond acceptors (Lipinski definition) is 3. The Balaban J connectivity index is 3.84. The predicted molar refractivity (Wildman–Crippen MR) is 47.7 cm³/mol. The number of carbonyl (C=O) groups is 1. The number of rotatable bonds is 6. The van der Waals surface area contributed by atoms with Gasteiger partial charge in [-0.25, -0.2) is 0 Å². The van der Waals surface area contributed by atoms with Gasteiger partial charge >= 0.3 is 0 Å². The molecule has 0 spiro atoms. The van der Waals surface area contributed by atoms with Gasteiger partial charge in [0.05, 0.1) is 13.2 Å². The van der Waals surface area contributed by atoms with E-state index in [2.05, 4.69) is 6.58 Å². The molecule has 0 aliphatic heterocycles. The van der Waals surface area contributed by atoms with Crippen LogP contribution in [0.2, 0.25) is 0 Å². The minimum Gasteiger partial charge on any atom is -0.383 e. The highest BCUT2D eigenvalue weighted by Crippen LogP contribution is 1.89. The highest BCUT2D eigenvalue weighted by Gasteiger charge is 2.08. The molecular weight excluding hydrogens is 156 g/mol. The Hall–Kier alpha value is -0.870. The molecule has 0 aromatic rings. The van der Waals surface area contributed by atoms with E-state index in [1.54, 1.807) is 18.1 Å². The van der Waals surface area contributed by atoms with Gasteiger partial charge in [-0.05, 0) is 0 Å². The first-order valence-electron chi connectivity index (χ1n) is 3.84. The van der Waals surface area contributed by atoms with E-state index in [1.807, 2.05) is 0 Å². The summed E-state index contributed by atoms with van der Waals surface area (Å²) in [6.07, 6.45) is 1.67. The van der Waals surface area contributed by atoms with Gasteiger partial charge in [-0.1, -0.05) is 6.08 Å². The van der Waals surface area contributed by atoms with Crippen molar-refractivity contribution in [2.45, 2.75) is 0 Å². The van der Waals surface area contributed by atoms with Crippen LogP contribution in [0.3, 0.4) is 0 Å². The van der Waals surface area contributed by atoms with Gasteiger partial charge in [0.15, 0.2) is 0 Å². The standard InChI is InChI=1S/C8H16N2O2/c1-3-4-10(5-6-12-2)8(11)7-9/h3H,1,4-7,9H2,2H3. The second-order valence-electron chi connectivity index (χ2n) is 2.33. The zero-order chi connectivity index (χ0) is 9.40. The lowest BCUT2D eigenvalue weighted by Crippen LogP contribution is -2.38. The summed E-state index contributed by atoms with van der Waals surface area (Å²) in [5.74, 6) is -0.0769. The summed E-state index contributed by atoms with van der Waals surface area (Å²) in [5.41, 5.74) is 5.21. The number of nitrogens with two attached hydrogens (primary N) is 1. The maximum Gasteiger partial charge on any atom is 0.236 e. The Bertz CT molecular complexity index is 148. The molecule has 4 nitrogen and oxygen atoms in total. The molecule has 4 heteroatoms. The molecule has 2 N–H and O–H groups in total. The lowest BCUT2D eigenvalue weighted by molar-refractivity contribution is -0.129. The quantitative estimate of drug-likeness (QED) is 0.555. The minimum absolute atomic E-state index is 0.0392. The minimum atomic E-state index is -0.0769. The molecule has 0 saturated heterocycles. The third kappa shape index (κ3) is 4.10. The van der Waals surface area contributed by atoms with Gasteiger partial charge in [0, 0.05) is 20.2 Å².